The first-order valence-corrected chi connectivity index (χ1v) is 5.34. The fourth-order valence-electron chi connectivity index (χ4n) is 1.11. The number of anilines is 1. The predicted molar refractivity (Wildman–Crippen MR) is 60.3 cm³/mol. The van der Waals surface area contributed by atoms with Gasteiger partial charge in [-0.05, 0) is 25.1 Å². The van der Waals surface area contributed by atoms with Crippen LogP contribution >= 0.6 is 15.9 Å². The standard InChI is InChI=1S/C10H13BrFNO2/c1-6(10(15)5-14)13-9-3-2-7(11)4-8(9)12/h2-4,6,10,13-15H,5H2,1H3/t6-,10+/m1/s1. The largest absolute Gasteiger partial charge is 0.394 e. The summed E-state index contributed by atoms with van der Waals surface area (Å²) in [5, 5.41) is 20.8. The summed E-state index contributed by atoms with van der Waals surface area (Å²) >= 11 is 3.15. The molecule has 2 atom stereocenters. The molecule has 3 N–H and O–H groups in total. The van der Waals surface area contributed by atoms with Crippen LogP contribution in [0.15, 0.2) is 22.7 Å². The number of benzene rings is 1. The molecule has 5 heteroatoms. The van der Waals surface area contributed by atoms with Crippen LogP contribution < -0.4 is 5.32 Å². The molecule has 0 bridgehead atoms. The highest BCUT2D eigenvalue weighted by Gasteiger charge is 2.14. The van der Waals surface area contributed by atoms with Gasteiger partial charge in [0, 0.05) is 4.47 Å². The third-order valence-corrected chi connectivity index (χ3v) is 2.57. The molecule has 84 valence electrons. The fourth-order valence-corrected chi connectivity index (χ4v) is 1.44. The number of nitrogens with one attached hydrogen (secondary N) is 1. The van der Waals surface area contributed by atoms with E-state index in [1.807, 2.05) is 0 Å². The number of halogens is 2. The van der Waals surface area contributed by atoms with Gasteiger partial charge in [-0.2, -0.15) is 0 Å². The Hall–Kier alpha value is -0.650. The number of aliphatic hydroxyl groups is 2. The zero-order valence-corrected chi connectivity index (χ0v) is 9.83. The van der Waals surface area contributed by atoms with E-state index in [4.69, 9.17) is 5.11 Å². The molecule has 1 aromatic carbocycles. The third kappa shape index (κ3) is 3.44. The van der Waals surface area contributed by atoms with E-state index in [1.54, 1.807) is 19.1 Å². The molecule has 0 aliphatic heterocycles. The molecule has 0 radical (unpaired) electrons. The molecule has 0 saturated heterocycles. The summed E-state index contributed by atoms with van der Waals surface area (Å²) in [6.07, 6.45) is -0.909. The lowest BCUT2D eigenvalue weighted by Gasteiger charge is -2.19. The molecule has 0 saturated carbocycles. The quantitative estimate of drug-likeness (QED) is 0.786. The summed E-state index contributed by atoms with van der Waals surface area (Å²) in [5.74, 6) is -0.402. The Kier molecular flexibility index (Phi) is 4.50. The highest BCUT2D eigenvalue weighted by Crippen LogP contribution is 2.20. The molecule has 0 amide bonds. The maximum Gasteiger partial charge on any atom is 0.147 e. The van der Waals surface area contributed by atoms with Gasteiger partial charge in [-0.3, -0.25) is 0 Å². The van der Waals surface area contributed by atoms with Gasteiger partial charge in [-0.25, -0.2) is 4.39 Å². The van der Waals surface area contributed by atoms with Crippen molar-refractivity contribution in [2.75, 3.05) is 11.9 Å². The number of rotatable bonds is 4. The van der Waals surface area contributed by atoms with Crippen molar-refractivity contribution in [1.82, 2.24) is 0 Å². The lowest BCUT2D eigenvalue weighted by Crippen LogP contribution is -2.33. The molecule has 0 aliphatic rings. The summed E-state index contributed by atoms with van der Waals surface area (Å²) < 4.78 is 14.0. The molecule has 3 nitrogen and oxygen atoms in total. The van der Waals surface area contributed by atoms with Crippen LogP contribution in [0.1, 0.15) is 6.92 Å². The first-order chi connectivity index (χ1) is 7.04. The molecule has 0 heterocycles. The lowest BCUT2D eigenvalue weighted by molar-refractivity contribution is 0.0838. The summed E-state index contributed by atoms with van der Waals surface area (Å²) in [6.45, 7) is 1.31. The summed E-state index contributed by atoms with van der Waals surface area (Å²) in [4.78, 5) is 0. The average Bonchev–Trinajstić information content (AvgIpc) is 2.20. The zero-order valence-electron chi connectivity index (χ0n) is 8.24. The average molecular weight is 278 g/mol. The van der Waals surface area contributed by atoms with E-state index in [1.165, 1.54) is 6.07 Å². The van der Waals surface area contributed by atoms with Gasteiger partial charge in [0.15, 0.2) is 0 Å². The Bertz CT molecular complexity index is 335. The van der Waals surface area contributed by atoms with Gasteiger partial charge in [0.2, 0.25) is 0 Å². The van der Waals surface area contributed by atoms with Crippen LogP contribution in [0.5, 0.6) is 0 Å². The molecule has 0 unspecified atom stereocenters. The first kappa shape index (κ1) is 12.4. The van der Waals surface area contributed by atoms with Crippen LogP contribution in [-0.2, 0) is 0 Å². The lowest BCUT2D eigenvalue weighted by atomic mass is 10.2. The zero-order chi connectivity index (χ0) is 11.4. The summed E-state index contributed by atoms with van der Waals surface area (Å²) in [7, 11) is 0. The molecular weight excluding hydrogens is 265 g/mol. The third-order valence-electron chi connectivity index (χ3n) is 2.08. The molecule has 1 rings (SSSR count). The van der Waals surface area contributed by atoms with E-state index < -0.39 is 18.0 Å². The van der Waals surface area contributed by atoms with Crippen molar-refractivity contribution in [1.29, 1.82) is 0 Å². The van der Waals surface area contributed by atoms with Crippen LogP contribution in [-0.4, -0.2) is 29.0 Å². The van der Waals surface area contributed by atoms with Crippen molar-refractivity contribution in [3.63, 3.8) is 0 Å². The van der Waals surface area contributed by atoms with E-state index >= 15 is 0 Å². The Morgan fingerprint density at radius 3 is 2.73 bits per heavy atom. The normalized spacial score (nSPS) is 14.7. The van der Waals surface area contributed by atoms with Crippen molar-refractivity contribution in [3.8, 4) is 0 Å². The van der Waals surface area contributed by atoms with Crippen LogP contribution in [0.4, 0.5) is 10.1 Å². The van der Waals surface area contributed by atoms with Crippen molar-refractivity contribution in [2.24, 2.45) is 0 Å². The Morgan fingerprint density at radius 2 is 2.20 bits per heavy atom. The molecule has 0 fully saturated rings. The van der Waals surface area contributed by atoms with Crippen LogP contribution in [0.3, 0.4) is 0 Å². The maximum atomic E-state index is 13.3. The van der Waals surface area contributed by atoms with Crippen molar-refractivity contribution < 1.29 is 14.6 Å². The van der Waals surface area contributed by atoms with Crippen molar-refractivity contribution in [3.05, 3.63) is 28.5 Å². The van der Waals surface area contributed by atoms with E-state index in [0.29, 0.717) is 10.2 Å². The number of hydrogen-bond donors (Lipinski definition) is 3. The molecule has 15 heavy (non-hydrogen) atoms. The molecule has 0 spiro atoms. The minimum Gasteiger partial charge on any atom is -0.394 e. The van der Waals surface area contributed by atoms with Gasteiger partial charge >= 0.3 is 0 Å². The second kappa shape index (κ2) is 5.44. The van der Waals surface area contributed by atoms with Crippen molar-refractivity contribution in [2.45, 2.75) is 19.1 Å². The number of aliphatic hydroxyl groups excluding tert-OH is 2. The summed E-state index contributed by atoms with van der Waals surface area (Å²) in [6, 6.07) is 4.19. The van der Waals surface area contributed by atoms with Crippen molar-refractivity contribution >= 4 is 21.6 Å². The minimum absolute atomic E-state index is 0.304. The number of hydrogen-bond acceptors (Lipinski definition) is 3. The second-order valence-electron chi connectivity index (χ2n) is 3.31. The van der Waals surface area contributed by atoms with Gasteiger partial charge in [-0.1, -0.05) is 15.9 Å². The molecule has 0 aromatic heterocycles. The topological polar surface area (TPSA) is 52.5 Å². The monoisotopic (exact) mass is 277 g/mol. The van der Waals surface area contributed by atoms with Gasteiger partial charge in [0.1, 0.15) is 5.82 Å². The highest BCUT2D eigenvalue weighted by molar-refractivity contribution is 9.10. The second-order valence-corrected chi connectivity index (χ2v) is 4.22. The van der Waals surface area contributed by atoms with Gasteiger partial charge in [0.05, 0.1) is 24.4 Å². The van der Waals surface area contributed by atoms with E-state index in [-0.39, 0.29) is 6.61 Å². The van der Waals surface area contributed by atoms with E-state index in [0.717, 1.165) is 0 Å². The first-order valence-electron chi connectivity index (χ1n) is 4.55. The maximum absolute atomic E-state index is 13.3. The molecular formula is C10H13BrFNO2. The van der Waals surface area contributed by atoms with E-state index in [9.17, 15) is 9.50 Å². The SMILES string of the molecule is C[C@@H](Nc1ccc(Br)cc1F)[C@@H](O)CO. The highest BCUT2D eigenvalue weighted by atomic mass is 79.9. The summed E-state index contributed by atoms with van der Waals surface area (Å²) in [5.41, 5.74) is 0.304. The molecule has 0 aliphatic carbocycles. The van der Waals surface area contributed by atoms with Gasteiger partial charge in [-0.15, -0.1) is 0 Å². The minimum atomic E-state index is -0.909. The van der Waals surface area contributed by atoms with Gasteiger partial charge < -0.3 is 15.5 Å². The Labute approximate surface area is 96.1 Å². The smallest absolute Gasteiger partial charge is 0.147 e. The van der Waals surface area contributed by atoms with E-state index in [2.05, 4.69) is 21.2 Å². The Morgan fingerprint density at radius 1 is 1.53 bits per heavy atom. The molecule has 1 aromatic rings. The Balaban J connectivity index is 2.72. The van der Waals surface area contributed by atoms with Crippen LogP contribution in [0, 0.1) is 5.82 Å². The predicted octanol–water partition coefficient (Wildman–Crippen LogP) is 1.74. The van der Waals surface area contributed by atoms with Crippen LogP contribution in [0.2, 0.25) is 0 Å². The fraction of sp³-hybridized carbons (Fsp3) is 0.400. The van der Waals surface area contributed by atoms with Gasteiger partial charge in [0.25, 0.3) is 0 Å². The van der Waals surface area contributed by atoms with Crippen LogP contribution in [0.25, 0.3) is 0 Å².